The molecular weight excluding hydrogens is 188 g/mol. The van der Waals surface area contributed by atoms with Gasteiger partial charge in [-0.15, -0.1) is 0 Å². The van der Waals surface area contributed by atoms with E-state index in [0.717, 1.165) is 0 Å². The standard InChI is InChI=1S/C8H16N2O4/c1-5(2)10(3)8(14)9-4-6(11)7(12)13/h5-6,11H,4H2,1-3H3,(H,9,14)(H,12,13)/t6-/m0/s1. The second-order valence-electron chi connectivity index (χ2n) is 3.24. The number of nitrogens with one attached hydrogen (secondary N) is 1. The Morgan fingerprint density at radius 3 is 2.29 bits per heavy atom. The molecule has 0 rings (SSSR count). The molecule has 0 aromatic carbocycles. The minimum Gasteiger partial charge on any atom is -0.479 e. The van der Waals surface area contributed by atoms with Gasteiger partial charge in [-0.1, -0.05) is 0 Å². The molecule has 0 aromatic heterocycles. The third-order valence-electron chi connectivity index (χ3n) is 1.83. The van der Waals surface area contributed by atoms with Crippen molar-refractivity contribution in [1.29, 1.82) is 0 Å². The van der Waals surface area contributed by atoms with Crippen LogP contribution in [0.1, 0.15) is 13.8 Å². The average molecular weight is 204 g/mol. The maximum absolute atomic E-state index is 11.2. The van der Waals surface area contributed by atoms with Crippen LogP contribution in [-0.4, -0.2) is 52.9 Å². The number of hydrogen-bond acceptors (Lipinski definition) is 3. The first-order chi connectivity index (χ1) is 6.36. The lowest BCUT2D eigenvalue weighted by atomic mass is 10.3. The average Bonchev–Trinajstić information content (AvgIpc) is 2.11. The number of aliphatic hydroxyl groups is 1. The van der Waals surface area contributed by atoms with Crippen molar-refractivity contribution in [3.05, 3.63) is 0 Å². The Balaban J connectivity index is 3.91. The van der Waals surface area contributed by atoms with Crippen molar-refractivity contribution in [2.24, 2.45) is 0 Å². The number of rotatable bonds is 4. The Hall–Kier alpha value is -1.30. The van der Waals surface area contributed by atoms with Crippen LogP contribution in [0, 0.1) is 0 Å². The highest BCUT2D eigenvalue weighted by molar-refractivity contribution is 5.76. The lowest BCUT2D eigenvalue weighted by molar-refractivity contribution is -0.146. The van der Waals surface area contributed by atoms with Crippen LogP contribution in [0.4, 0.5) is 4.79 Å². The molecule has 6 nitrogen and oxygen atoms in total. The number of carboxylic acids is 1. The van der Waals surface area contributed by atoms with Crippen LogP contribution in [0.5, 0.6) is 0 Å². The molecule has 0 fully saturated rings. The Morgan fingerprint density at radius 2 is 1.93 bits per heavy atom. The van der Waals surface area contributed by atoms with E-state index >= 15 is 0 Å². The van der Waals surface area contributed by atoms with E-state index in [-0.39, 0.29) is 12.6 Å². The molecule has 82 valence electrons. The van der Waals surface area contributed by atoms with Crippen molar-refractivity contribution in [1.82, 2.24) is 10.2 Å². The van der Waals surface area contributed by atoms with Crippen molar-refractivity contribution in [2.45, 2.75) is 26.0 Å². The van der Waals surface area contributed by atoms with Crippen LogP contribution >= 0.6 is 0 Å². The topological polar surface area (TPSA) is 89.9 Å². The summed E-state index contributed by atoms with van der Waals surface area (Å²) in [6.45, 7) is 3.37. The Kier molecular flexibility index (Phi) is 4.93. The highest BCUT2D eigenvalue weighted by Gasteiger charge is 2.16. The summed E-state index contributed by atoms with van der Waals surface area (Å²) < 4.78 is 0. The first-order valence-electron chi connectivity index (χ1n) is 4.27. The quantitative estimate of drug-likeness (QED) is 0.575. The fourth-order valence-corrected chi connectivity index (χ4v) is 0.631. The largest absolute Gasteiger partial charge is 0.479 e. The number of aliphatic hydroxyl groups excluding tert-OH is 1. The molecule has 0 saturated heterocycles. The van der Waals surface area contributed by atoms with E-state index in [0.29, 0.717) is 0 Å². The van der Waals surface area contributed by atoms with Gasteiger partial charge in [-0.25, -0.2) is 9.59 Å². The second kappa shape index (κ2) is 5.43. The van der Waals surface area contributed by atoms with Gasteiger partial charge < -0.3 is 20.4 Å². The van der Waals surface area contributed by atoms with E-state index in [1.54, 1.807) is 7.05 Å². The molecule has 0 aromatic rings. The molecule has 0 bridgehead atoms. The number of carbonyl (C=O) groups excluding carboxylic acids is 1. The molecule has 0 saturated carbocycles. The normalized spacial score (nSPS) is 12.4. The number of hydrogen-bond donors (Lipinski definition) is 3. The first-order valence-corrected chi connectivity index (χ1v) is 4.27. The molecule has 1 atom stereocenters. The molecule has 0 heterocycles. The van der Waals surface area contributed by atoms with Crippen molar-refractivity contribution < 1.29 is 19.8 Å². The monoisotopic (exact) mass is 204 g/mol. The molecule has 6 heteroatoms. The molecule has 3 N–H and O–H groups in total. The molecule has 0 spiro atoms. The Morgan fingerprint density at radius 1 is 1.43 bits per heavy atom. The summed E-state index contributed by atoms with van der Waals surface area (Å²) in [4.78, 5) is 22.8. The summed E-state index contributed by atoms with van der Waals surface area (Å²) in [5.74, 6) is -1.35. The highest BCUT2D eigenvalue weighted by atomic mass is 16.4. The molecule has 0 aliphatic carbocycles. The summed E-state index contributed by atoms with van der Waals surface area (Å²) >= 11 is 0. The van der Waals surface area contributed by atoms with Crippen LogP contribution in [0.3, 0.4) is 0 Å². The van der Waals surface area contributed by atoms with Gasteiger partial charge in [0.2, 0.25) is 0 Å². The van der Waals surface area contributed by atoms with Crippen LogP contribution in [-0.2, 0) is 4.79 Å². The van der Waals surface area contributed by atoms with E-state index < -0.39 is 18.1 Å². The van der Waals surface area contributed by atoms with E-state index in [1.807, 2.05) is 13.8 Å². The van der Waals surface area contributed by atoms with E-state index in [9.17, 15) is 9.59 Å². The van der Waals surface area contributed by atoms with Gasteiger partial charge in [-0.3, -0.25) is 0 Å². The summed E-state index contributed by atoms with van der Waals surface area (Å²) in [5, 5.41) is 19.5. The van der Waals surface area contributed by atoms with Crippen LogP contribution in [0.25, 0.3) is 0 Å². The van der Waals surface area contributed by atoms with E-state index in [2.05, 4.69) is 5.32 Å². The summed E-state index contributed by atoms with van der Waals surface area (Å²) in [6, 6.07) is -0.378. The van der Waals surface area contributed by atoms with Crippen LogP contribution in [0.2, 0.25) is 0 Å². The maximum Gasteiger partial charge on any atom is 0.334 e. The first kappa shape index (κ1) is 12.7. The van der Waals surface area contributed by atoms with Gasteiger partial charge in [-0.05, 0) is 13.8 Å². The highest BCUT2D eigenvalue weighted by Crippen LogP contribution is 1.93. The van der Waals surface area contributed by atoms with Crippen molar-refractivity contribution >= 4 is 12.0 Å². The van der Waals surface area contributed by atoms with Gasteiger partial charge in [0.15, 0.2) is 6.10 Å². The number of carboxylic acid groups (broad SMARTS) is 1. The number of amides is 2. The summed E-state index contributed by atoms with van der Waals surface area (Å²) in [7, 11) is 1.59. The van der Waals surface area contributed by atoms with Gasteiger partial charge in [0.25, 0.3) is 0 Å². The maximum atomic E-state index is 11.2. The lowest BCUT2D eigenvalue weighted by Gasteiger charge is -2.22. The van der Waals surface area contributed by atoms with Crippen LogP contribution in [0.15, 0.2) is 0 Å². The zero-order valence-electron chi connectivity index (χ0n) is 8.52. The smallest absolute Gasteiger partial charge is 0.334 e. The zero-order valence-corrected chi connectivity index (χ0v) is 8.52. The molecule has 0 aliphatic heterocycles. The van der Waals surface area contributed by atoms with Gasteiger partial charge >= 0.3 is 12.0 Å². The molecule has 0 aliphatic rings. The third-order valence-corrected chi connectivity index (χ3v) is 1.83. The number of carbonyl (C=O) groups is 2. The zero-order chi connectivity index (χ0) is 11.3. The fourth-order valence-electron chi connectivity index (χ4n) is 0.631. The minimum absolute atomic E-state index is 0.0250. The fraction of sp³-hybridized carbons (Fsp3) is 0.750. The number of urea groups is 1. The Labute approximate surface area is 82.5 Å². The predicted molar refractivity (Wildman–Crippen MR) is 49.9 cm³/mol. The van der Waals surface area contributed by atoms with Gasteiger partial charge in [0.1, 0.15) is 0 Å². The van der Waals surface area contributed by atoms with Crippen molar-refractivity contribution in [3.8, 4) is 0 Å². The molecule has 2 amide bonds. The summed E-state index contributed by atoms with van der Waals surface area (Å²) in [6.07, 6.45) is -1.56. The van der Waals surface area contributed by atoms with E-state index in [4.69, 9.17) is 10.2 Å². The molecule has 14 heavy (non-hydrogen) atoms. The van der Waals surface area contributed by atoms with Gasteiger partial charge in [0, 0.05) is 13.1 Å². The molecule has 0 radical (unpaired) electrons. The SMILES string of the molecule is CC(C)N(C)C(=O)NC[C@H](O)C(=O)O. The van der Waals surface area contributed by atoms with Crippen molar-refractivity contribution in [3.63, 3.8) is 0 Å². The summed E-state index contributed by atoms with van der Waals surface area (Å²) in [5.41, 5.74) is 0. The predicted octanol–water partition coefficient (Wildman–Crippen LogP) is -0.518. The van der Waals surface area contributed by atoms with Crippen LogP contribution < -0.4 is 5.32 Å². The van der Waals surface area contributed by atoms with Crippen molar-refractivity contribution in [2.75, 3.05) is 13.6 Å². The van der Waals surface area contributed by atoms with Gasteiger partial charge in [0.05, 0.1) is 6.54 Å². The molecule has 0 unspecified atom stereocenters. The van der Waals surface area contributed by atoms with Gasteiger partial charge in [-0.2, -0.15) is 0 Å². The van der Waals surface area contributed by atoms with E-state index in [1.165, 1.54) is 4.90 Å². The lowest BCUT2D eigenvalue weighted by Crippen LogP contribution is -2.45. The third kappa shape index (κ3) is 4.08. The minimum atomic E-state index is -1.56. The second-order valence-corrected chi connectivity index (χ2v) is 3.24. The Bertz CT molecular complexity index is 217. The number of aliphatic carboxylic acids is 1. The number of nitrogens with zero attached hydrogens (tertiary/aromatic N) is 1. The molecular formula is C8H16N2O4.